The van der Waals surface area contributed by atoms with Crippen LogP contribution in [0.1, 0.15) is 37.7 Å². The molecule has 0 bridgehead atoms. The van der Waals surface area contributed by atoms with Gasteiger partial charge in [-0.3, -0.25) is 9.59 Å². The third-order valence-electron chi connectivity index (χ3n) is 5.21. The molecule has 9 heteroatoms. The van der Waals surface area contributed by atoms with E-state index in [1.807, 2.05) is 66.9 Å². The fourth-order valence-electron chi connectivity index (χ4n) is 3.21. The van der Waals surface area contributed by atoms with Crippen LogP contribution in [-0.4, -0.2) is 38.4 Å². The van der Waals surface area contributed by atoms with Crippen LogP contribution in [0.25, 0.3) is 0 Å². The highest BCUT2D eigenvalue weighted by molar-refractivity contribution is 7.99. The summed E-state index contributed by atoms with van der Waals surface area (Å²) < 4.78 is 7.63. The second kappa shape index (κ2) is 12.2. The lowest BCUT2D eigenvalue weighted by atomic mass is 10.2. The SMILES string of the molecule is CCc1ccc(O[C@@H](C)C(=O)NCc2nnc(SCC(=O)Nc3ccc(C)cc3)n2CC)cc1. The molecule has 0 aliphatic heterocycles. The fourth-order valence-corrected chi connectivity index (χ4v) is 4.03. The monoisotopic (exact) mass is 481 g/mol. The zero-order valence-electron chi connectivity index (χ0n) is 20.0. The summed E-state index contributed by atoms with van der Waals surface area (Å²) in [5.74, 6) is 1.13. The van der Waals surface area contributed by atoms with E-state index in [9.17, 15) is 9.59 Å². The van der Waals surface area contributed by atoms with Gasteiger partial charge in [-0.1, -0.05) is 48.5 Å². The lowest BCUT2D eigenvalue weighted by Crippen LogP contribution is -2.36. The first-order valence-corrected chi connectivity index (χ1v) is 12.3. The number of ether oxygens (including phenoxy) is 1. The van der Waals surface area contributed by atoms with E-state index in [0.29, 0.717) is 23.3 Å². The second-order valence-corrected chi connectivity index (χ2v) is 8.76. The van der Waals surface area contributed by atoms with Gasteiger partial charge in [0.2, 0.25) is 5.91 Å². The molecule has 0 radical (unpaired) electrons. The molecule has 0 saturated heterocycles. The quantitative estimate of drug-likeness (QED) is 0.402. The Bertz CT molecular complexity index is 1100. The molecule has 2 N–H and O–H groups in total. The fraction of sp³-hybridized carbons (Fsp3) is 0.360. The number of anilines is 1. The Labute approximate surface area is 204 Å². The van der Waals surface area contributed by atoms with Crippen LogP contribution in [0.5, 0.6) is 5.75 Å². The predicted molar refractivity (Wildman–Crippen MR) is 134 cm³/mol. The number of benzene rings is 2. The minimum Gasteiger partial charge on any atom is -0.481 e. The van der Waals surface area contributed by atoms with Crippen molar-refractivity contribution >= 4 is 29.3 Å². The molecule has 0 saturated carbocycles. The number of nitrogens with one attached hydrogen (secondary N) is 2. The van der Waals surface area contributed by atoms with Gasteiger partial charge in [0.05, 0.1) is 12.3 Å². The molecule has 1 heterocycles. The minimum absolute atomic E-state index is 0.118. The highest BCUT2D eigenvalue weighted by atomic mass is 32.2. The topological polar surface area (TPSA) is 98.1 Å². The molecular formula is C25H31N5O3S. The number of carbonyl (C=O) groups excluding carboxylic acids is 2. The van der Waals surface area contributed by atoms with Crippen molar-refractivity contribution in [3.05, 3.63) is 65.5 Å². The zero-order chi connectivity index (χ0) is 24.5. The highest BCUT2D eigenvalue weighted by Gasteiger charge is 2.18. The molecule has 8 nitrogen and oxygen atoms in total. The van der Waals surface area contributed by atoms with Crippen molar-refractivity contribution in [3.63, 3.8) is 0 Å². The van der Waals surface area contributed by atoms with Crippen molar-refractivity contribution < 1.29 is 14.3 Å². The molecule has 0 aliphatic rings. The zero-order valence-corrected chi connectivity index (χ0v) is 20.8. The first kappa shape index (κ1) is 25.3. The van der Waals surface area contributed by atoms with Gasteiger partial charge in [-0.05, 0) is 57.0 Å². The molecule has 34 heavy (non-hydrogen) atoms. The van der Waals surface area contributed by atoms with Crippen LogP contribution in [0.4, 0.5) is 5.69 Å². The maximum absolute atomic E-state index is 12.5. The molecule has 3 aromatic rings. The van der Waals surface area contributed by atoms with Crippen LogP contribution in [-0.2, 0) is 29.1 Å². The van der Waals surface area contributed by atoms with E-state index in [2.05, 4.69) is 27.8 Å². The summed E-state index contributed by atoms with van der Waals surface area (Å²) in [7, 11) is 0. The molecule has 0 spiro atoms. The number of aromatic nitrogens is 3. The number of hydrogen-bond acceptors (Lipinski definition) is 6. The summed E-state index contributed by atoms with van der Waals surface area (Å²) in [6.45, 7) is 8.61. The Hall–Kier alpha value is -3.33. The van der Waals surface area contributed by atoms with E-state index in [-0.39, 0.29) is 24.1 Å². The van der Waals surface area contributed by atoms with Crippen molar-refractivity contribution in [2.75, 3.05) is 11.1 Å². The van der Waals surface area contributed by atoms with Gasteiger partial charge in [-0.25, -0.2) is 0 Å². The largest absolute Gasteiger partial charge is 0.481 e. The van der Waals surface area contributed by atoms with Crippen LogP contribution in [0.15, 0.2) is 53.7 Å². The second-order valence-electron chi connectivity index (χ2n) is 7.82. The summed E-state index contributed by atoms with van der Waals surface area (Å²) in [6, 6.07) is 15.4. The number of amides is 2. The van der Waals surface area contributed by atoms with Crippen molar-refractivity contribution in [2.45, 2.75) is 58.5 Å². The summed E-state index contributed by atoms with van der Waals surface area (Å²) in [4.78, 5) is 24.8. The van der Waals surface area contributed by atoms with E-state index in [1.54, 1.807) is 6.92 Å². The lowest BCUT2D eigenvalue weighted by Gasteiger charge is -2.15. The third kappa shape index (κ3) is 7.08. The standard InChI is InChI=1S/C25H31N5O3S/c1-5-19-9-13-21(14-10-19)33-18(4)24(32)26-15-22-28-29-25(30(22)6-2)34-16-23(31)27-20-11-7-17(3)8-12-20/h7-14,18H,5-6,15-16H2,1-4H3,(H,26,32)(H,27,31)/t18-/m0/s1. The number of carbonyl (C=O) groups is 2. The summed E-state index contributed by atoms with van der Waals surface area (Å²) in [5.41, 5.74) is 3.11. The summed E-state index contributed by atoms with van der Waals surface area (Å²) in [5, 5.41) is 14.8. The van der Waals surface area contributed by atoms with Crippen molar-refractivity contribution in [3.8, 4) is 5.75 Å². The first-order valence-electron chi connectivity index (χ1n) is 11.3. The van der Waals surface area contributed by atoms with Crippen LogP contribution in [0, 0.1) is 6.92 Å². The van der Waals surface area contributed by atoms with Gasteiger partial charge in [-0.2, -0.15) is 0 Å². The van der Waals surface area contributed by atoms with Gasteiger partial charge in [0, 0.05) is 12.2 Å². The Balaban J connectivity index is 1.50. The van der Waals surface area contributed by atoms with Crippen molar-refractivity contribution in [2.24, 2.45) is 0 Å². The minimum atomic E-state index is -0.648. The van der Waals surface area contributed by atoms with E-state index in [1.165, 1.54) is 17.3 Å². The third-order valence-corrected chi connectivity index (χ3v) is 6.18. The maximum Gasteiger partial charge on any atom is 0.261 e. The molecule has 0 fully saturated rings. The number of nitrogens with zero attached hydrogens (tertiary/aromatic N) is 3. The van der Waals surface area contributed by atoms with Crippen LogP contribution in [0.3, 0.4) is 0 Å². The van der Waals surface area contributed by atoms with Crippen molar-refractivity contribution in [1.82, 2.24) is 20.1 Å². The Morgan fingerprint density at radius 2 is 1.76 bits per heavy atom. The number of aryl methyl sites for hydroxylation is 2. The molecule has 3 rings (SSSR count). The van der Waals surface area contributed by atoms with E-state index in [4.69, 9.17) is 4.74 Å². The number of thioether (sulfide) groups is 1. The summed E-state index contributed by atoms with van der Waals surface area (Å²) in [6.07, 6.45) is 0.302. The molecule has 1 atom stereocenters. The molecule has 2 aromatic carbocycles. The van der Waals surface area contributed by atoms with E-state index in [0.717, 1.165) is 17.7 Å². The Kier molecular flexibility index (Phi) is 9.09. The molecule has 0 aliphatic carbocycles. The van der Waals surface area contributed by atoms with Gasteiger partial charge < -0.3 is 19.9 Å². The highest BCUT2D eigenvalue weighted by Crippen LogP contribution is 2.18. The first-order chi connectivity index (χ1) is 16.4. The maximum atomic E-state index is 12.5. The molecule has 1 aromatic heterocycles. The van der Waals surface area contributed by atoms with Gasteiger partial charge in [0.1, 0.15) is 5.75 Å². The number of hydrogen-bond donors (Lipinski definition) is 2. The Morgan fingerprint density at radius 1 is 1.06 bits per heavy atom. The van der Waals surface area contributed by atoms with E-state index >= 15 is 0 Å². The Morgan fingerprint density at radius 3 is 2.41 bits per heavy atom. The normalized spacial score (nSPS) is 11.6. The average molecular weight is 482 g/mol. The molecule has 2 amide bonds. The van der Waals surface area contributed by atoms with Crippen molar-refractivity contribution in [1.29, 1.82) is 0 Å². The van der Waals surface area contributed by atoms with Crippen LogP contribution >= 0.6 is 11.8 Å². The smallest absolute Gasteiger partial charge is 0.261 e. The predicted octanol–water partition coefficient (Wildman–Crippen LogP) is 3.98. The van der Waals surface area contributed by atoms with Gasteiger partial charge in [0.15, 0.2) is 17.1 Å². The number of rotatable bonds is 11. The summed E-state index contributed by atoms with van der Waals surface area (Å²) >= 11 is 1.31. The van der Waals surface area contributed by atoms with Gasteiger partial charge >= 0.3 is 0 Å². The average Bonchev–Trinajstić information content (AvgIpc) is 3.24. The van der Waals surface area contributed by atoms with Gasteiger partial charge in [0.25, 0.3) is 5.91 Å². The molecule has 180 valence electrons. The van der Waals surface area contributed by atoms with Crippen LogP contribution in [0.2, 0.25) is 0 Å². The lowest BCUT2D eigenvalue weighted by molar-refractivity contribution is -0.127. The van der Waals surface area contributed by atoms with Gasteiger partial charge in [-0.15, -0.1) is 10.2 Å². The van der Waals surface area contributed by atoms with E-state index < -0.39 is 6.10 Å². The molecular weight excluding hydrogens is 450 g/mol. The van der Waals surface area contributed by atoms with Crippen LogP contribution < -0.4 is 15.4 Å². The molecule has 0 unspecified atom stereocenters.